The van der Waals surface area contributed by atoms with Crippen LogP contribution in [0, 0.1) is 0 Å². The molecule has 0 saturated carbocycles. The zero-order chi connectivity index (χ0) is 27.8. The standard InChI is InChI=1S/C26H35Cl2N3O5S/c1-6-18(2)29-26(33)19(3)30(17-20-12-13-21(27)15-24(20)28)25(32)11-8-14-31(37(5,34)35)22-9-7-10-23(16-22)36-4/h7,9-10,12-13,15-16,18-19H,6,8,11,14,17H2,1-5H3,(H,29,33)/t18-,19-/m0/s1. The van der Waals surface area contributed by atoms with Gasteiger partial charge in [-0.1, -0.05) is 42.3 Å². The minimum Gasteiger partial charge on any atom is -0.497 e. The molecule has 0 radical (unpaired) electrons. The molecule has 11 heteroatoms. The van der Waals surface area contributed by atoms with E-state index in [2.05, 4.69) is 5.32 Å². The van der Waals surface area contributed by atoms with Crippen LogP contribution in [-0.2, 0) is 26.2 Å². The van der Waals surface area contributed by atoms with Gasteiger partial charge in [0.25, 0.3) is 0 Å². The van der Waals surface area contributed by atoms with Crippen LogP contribution in [0.2, 0.25) is 10.0 Å². The Morgan fingerprint density at radius 2 is 1.81 bits per heavy atom. The van der Waals surface area contributed by atoms with E-state index in [0.29, 0.717) is 27.0 Å². The van der Waals surface area contributed by atoms with Gasteiger partial charge in [-0.05, 0) is 56.5 Å². The summed E-state index contributed by atoms with van der Waals surface area (Å²) in [5.41, 5.74) is 1.09. The zero-order valence-corrected chi connectivity index (χ0v) is 24.2. The number of nitrogens with zero attached hydrogens (tertiary/aromatic N) is 2. The zero-order valence-electron chi connectivity index (χ0n) is 21.8. The lowest BCUT2D eigenvalue weighted by molar-refractivity contribution is -0.140. The molecule has 2 amide bonds. The predicted molar refractivity (Wildman–Crippen MR) is 149 cm³/mol. The van der Waals surface area contributed by atoms with Crippen LogP contribution in [0.3, 0.4) is 0 Å². The largest absolute Gasteiger partial charge is 0.497 e. The Kier molecular flexibility index (Phi) is 11.5. The lowest BCUT2D eigenvalue weighted by Gasteiger charge is -2.30. The van der Waals surface area contributed by atoms with Gasteiger partial charge in [-0.25, -0.2) is 8.42 Å². The second-order valence-electron chi connectivity index (χ2n) is 8.89. The van der Waals surface area contributed by atoms with Crippen LogP contribution in [0.5, 0.6) is 5.75 Å². The number of benzene rings is 2. The summed E-state index contributed by atoms with van der Waals surface area (Å²) in [5, 5.41) is 3.77. The molecule has 1 N–H and O–H groups in total. The Hall–Kier alpha value is -2.49. The highest BCUT2D eigenvalue weighted by molar-refractivity contribution is 7.92. The average Bonchev–Trinajstić information content (AvgIpc) is 2.84. The normalized spacial score (nSPS) is 12.9. The van der Waals surface area contributed by atoms with Crippen molar-refractivity contribution in [2.24, 2.45) is 0 Å². The summed E-state index contributed by atoms with van der Waals surface area (Å²) in [6.07, 6.45) is 2.14. The average molecular weight is 573 g/mol. The number of halogens is 2. The molecule has 204 valence electrons. The number of carbonyl (C=O) groups excluding carboxylic acids is 2. The fourth-order valence-corrected chi connectivity index (χ4v) is 5.08. The number of anilines is 1. The van der Waals surface area contributed by atoms with Gasteiger partial charge in [0.15, 0.2) is 0 Å². The van der Waals surface area contributed by atoms with Crippen molar-refractivity contribution in [3.63, 3.8) is 0 Å². The number of methoxy groups -OCH3 is 1. The summed E-state index contributed by atoms with van der Waals surface area (Å²) in [7, 11) is -2.10. The maximum atomic E-state index is 13.4. The van der Waals surface area contributed by atoms with E-state index in [1.165, 1.54) is 16.3 Å². The van der Waals surface area contributed by atoms with Crippen molar-refractivity contribution >= 4 is 50.7 Å². The summed E-state index contributed by atoms with van der Waals surface area (Å²) < 4.78 is 31.4. The summed E-state index contributed by atoms with van der Waals surface area (Å²) >= 11 is 12.4. The SMILES string of the molecule is CC[C@H](C)NC(=O)[C@H](C)N(Cc1ccc(Cl)cc1Cl)C(=O)CCCN(c1cccc(OC)c1)S(C)(=O)=O. The Morgan fingerprint density at radius 1 is 1.11 bits per heavy atom. The second-order valence-corrected chi connectivity index (χ2v) is 11.6. The minimum absolute atomic E-state index is 0.0299. The summed E-state index contributed by atoms with van der Waals surface area (Å²) in [4.78, 5) is 27.7. The lowest BCUT2D eigenvalue weighted by atomic mass is 10.1. The first kappa shape index (κ1) is 30.7. The molecule has 0 aliphatic rings. The molecule has 0 bridgehead atoms. The molecule has 0 aromatic heterocycles. The Labute approximate surface area is 229 Å². The Morgan fingerprint density at radius 3 is 2.41 bits per heavy atom. The van der Waals surface area contributed by atoms with E-state index in [4.69, 9.17) is 27.9 Å². The second kappa shape index (κ2) is 13.9. The smallest absolute Gasteiger partial charge is 0.242 e. The van der Waals surface area contributed by atoms with E-state index in [-0.39, 0.29) is 43.8 Å². The molecular formula is C26H35Cl2N3O5S. The highest BCUT2D eigenvalue weighted by atomic mass is 35.5. The van der Waals surface area contributed by atoms with Crippen LogP contribution in [0.15, 0.2) is 42.5 Å². The maximum Gasteiger partial charge on any atom is 0.242 e. The molecule has 0 spiro atoms. The molecule has 0 saturated heterocycles. The molecule has 0 fully saturated rings. The number of sulfonamides is 1. The molecule has 0 aliphatic carbocycles. The molecule has 2 rings (SSSR count). The van der Waals surface area contributed by atoms with Gasteiger partial charge in [-0.15, -0.1) is 0 Å². The summed E-state index contributed by atoms with van der Waals surface area (Å²) in [6.45, 7) is 5.71. The Bertz CT molecular complexity index is 1190. The third-order valence-corrected chi connectivity index (χ3v) is 7.80. The van der Waals surface area contributed by atoms with Crippen LogP contribution in [0.25, 0.3) is 0 Å². The molecule has 8 nitrogen and oxygen atoms in total. The van der Waals surface area contributed by atoms with Gasteiger partial charge in [-0.3, -0.25) is 13.9 Å². The van der Waals surface area contributed by atoms with Gasteiger partial charge in [0.05, 0.1) is 19.1 Å². The third kappa shape index (κ3) is 9.09. The molecule has 2 aromatic carbocycles. The lowest BCUT2D eigenvalue weighted by Crippen LogP contribution is -2.49. The molecule has 2 atom stereocenters. The Balaban J connectivity index is 2.22. The molecule has 37 heavy (non-hydrogen) atoms. The van der Waals surface area contributed by atoms with Crippen molar-refractivity contribution in [1.82, 2.24) is 10.2 Å². The van der Waals surface area contributed by atoms with E-state index >= 15 is 0 Å². The van der Waals surface area contributed by atoms with E-state index in [1.807, 2.05) is 13.8 Å². The van der Waals surface area contributed by atoms with Crippen molar-refractivity contribution < 1.29 is 22.7 Å². The van der Waals surface area contributed by atoms with Crippen molar-refractivity contribution in [3.8, 4) is 5.75 Å². The molecule has 0 heterocycles. The van der Waals surface area contributed by atoms with Gasteiger partial charge in [0.1, 0.15) is 11.8 Å². The van der Waals surface area contributed by atoms with Crippen molar-refractivity contribution in [1.29, 1.82) is 0 Å². The topological polar surface area (TPSA) is 96.0 Å². The minimum atomic E-state index is -3.61. The van der Waals surface area contributed by atoms with Crippen LogP contribution >= 0.6 is 23.2 Å². The van der Waals surface area contributed by atoms with Crippen molar-refractivity contribution in [2.45, 2.75) is 58.7 Å². The van der Waals surface area contributed by atoms with Crippen LogP contribution in [0.1, 0.15) is 45.6 Å². The quantitative estimate of drug-likeness (QED) is 0.369. The van der Waals surface area contributed by atoms with Crippen LogP contribution in [-0.4, -0.2) is 57.1 Å². The highest BCUT2D eigenvalue weighted by Gasteiger charge is 2.28. The van der Waals surface area contributed by atoms with Crippen molar-refractivity contribution in [2.75, 3.05) is 24.2 Å². The third-order valence-electron chi connectivity index (χ3n) is 6.02. The highest BCUT2D eigenvalue weighted by Crippen LogP contribution is 2.25. The van der Waals surface area contributed by atoms with E-state index in [9.17, 15) is 18.0 Å². The first-order valence-corrected chi connectivity index (χ1v) is 14.6. The number of amides is 2. The monoisotopic (exact) mass is 571 g/mol. The number of nitrogens with one attached hydrogen (secondary N) is 1. The van der Waals surface area contributed by atoms with Crippen molar-refractivity contribution in [3.05, 3.63) is 58.1 Å². The first-order chi connectivity index (χ1) is 17.4. The number of hydrogen-bond donors (Lipinski definition) is 1. The number of carbonyl (C=O) groups is 2. The van der Waals surface area contributed by atoms with Crippen LogP contribution in [0.4, 0.5) is 5.69 Å². The summed E-state index contributed by atoms with van der Waals surface area (Å²) in [5.74, 6) is -0.0479. The van der Waals surface area contributed by atoms with Crippen LogP contribution < -0.4 is 14.4 Å². The summed E-state index contributed by atoms with van der Waals surface area (Å²) in [6, 6.07) is 10.9. The predicted octanol–water partition coefficient (Wildman–Crippen LogP) is 4.88. The van der Waals surface area contributed by atoms with Gasteiger partial charge in [0, 0.05) is 41.7 Å². The number of rotatable bonds is 13. The van der Waals surface area contributed by atoms with Gasteiger partial charge >= 0.3 is 0 Å². The van der Waals surface area contributed by atoms with E-state index < -0.39 is 16.1 Å². The molecule has 0 unspecified atom stereocenters. The van der Waals surface area contributed by atoms with E-state index in [0.717, 1.165) is 12.7 Å². The first-order valence-electron chi connectivity index (χ1n) is 12.0. The fourth-order valence-electron chi connectivity index (χ4n) is 3.65. The van der Waals surface area contributed by atoms with Gasteiger partial charge in [-0.2, -0.15) is 0 Å². The molecule has 0 aliphatic heterocycles. The molecular weight excluding hydrogens is 537 g/mol. The van der Waals surface area contributed by atoms with E-state index in [1.54, 1.807) is 49.4 Å². The molecule has 2 aromatic rings. The maximum absolute atomic E-state index is 13.4. The number of hydrogen-bond acceptors (Lipinski definition) is 5. The fraction of sp³-hybridized carbons (Fsp3) is 0.462. The number of ether oxygens (including phenoxy) is 1. The van der Waals surface area contributed by atoms with Gasteiger partial charge in [0.2, 0.25) is 21.8 Å². The van der Waals surface area contributed by atoms with Gasteiger partial charge < -0.3 is 15.0 Å².